The molecule has 0 aliphatic carbocycles. The highest BCUT2D eigenvalue weighted by molar-refractivity contribution is 7.89. The summed E-state index contributed by atoms with van der Waals surface area (Å²) in [5.74, 6) is 0.0569. The summed E-state index contributed by atoms with van der Waals surface area (Å²) in [6.07, 6.45) is 0. The van der Waals surface area contributed by atoms with Gasteiger partial charge in [-0.05, 0) is 36.4 Å². The molecule has 0 bridgehead atoms. The van der Waals surface area contributed by atoms with Crippen molar-refractivity contribution in [3.05, 3.63) is 58.6 Å². The van der Waals surface area contributed by atoms with Gasteiger partial charge in [0.15, 0.2) is 6.61 Å². The number of ether oxygens (including phenoxy) is 1. The number of non-ortho nitro benzene ring substituents is 1. The Morgan fingerprint density at radius 3 is 2.17 bits per heavy atom. The lowest BCUT2D eigenvalue weighted by Crippen LogP contribution is -2.51. The number of hydrogen-bond acceptors (Lipinski definition) is 7. The van der Waals surface area contributed by atoms with Crippen LogP contribution in [0.4, 0.5) is 11.4 Å². The van der Waals surface area contributed by atoms with Gasteiger partial charge < -0.3 is 15.4 Å². The van der Waals surface area contributed by atoms with Gasteiger partial charge in [0.2, 0.25) is 10.0 Å². The van der Waals surface area contributed by atoms with Crippen LogP contribution in [-0.2, 0) is 14.8 Å². The van der Waals surface area contributed by atoms with E-state index >= 15 is 0 Å². The Morgan fingerprint density at radius 1 is 1.03 bits per heavy atom. The summed E-state index contributed by atoms with van der Waals surface area (Å²) >= 11 is 0. The zero-order valence-electron chi connectivity index (χ0n) is 15.4. The fourth-order valence-electron chi connectivity index (χ4n) is 2.87. The molecule has 0 atom stereocenters. The van der Waals surface area contributed by atoms with E-state index < -0.39 is 14.9 Å². The molecule has 1 aliphatic heterocycles. The molecule has 3 rings (SSSR count). The first-order valence-corrected chi connectivity index (χ1v) is 10.2. The van der Waals surface area contributed by atoms with Gasteiger partial charge in [-0.15, -0.1) is 0 Å². The number of nitro benzene ring substituents is 1. The molecular formula is C18H20N4O6S. The van der Waals surface area contributed by atoms with E-state index in [0.29, 0.717) is 11.4 Å². The maximum absolute atomic E-state index is 12.7. The molecule has 1 saturated heterocycles. The van der Waals surface area contributed by atoms with Crippen LogP contribution in [0.15, 0.2) is 53.4 Å². The Hall–Kier alpha value is -3.18. The molecule has 154 valence electrons. The number of benzene rings is 2. The van der Waals surface area contributed by atoms with Crippen LogP contribution in [0.25, 0.3) is 0 Å². The van der Waals surface area contributed by atoms with Crippen molar-refractivity contribution in [3.63, 3.8) is 0 Å². The first-order chi connectivity index (χ1) is 13.8. The number of carbonyl (C=O) groups excluding carboxylic acids is 1. The number of anilines is 1. The number of nitrogens with zero attached hydrogens (tertiary/aromatic N) is 3. The van der Waals surface area contributed by atoms with Crippen molar-refractivity contribution in [3.8, 4) is 5.75 Å². The largest absolute Gasteiger partial charge is 0.484 e. The van der Waals surface area contributed by atoms with Crippen molar-refractivity contribution >= 4 is 27.3 Å². The van der Waals surface area contributed by atoms with Crippen LogP contribution in [0.5, 0.6) is 5.75 Å². The molecule has 0 spiro atoms. The molecule has 2 aromatic rings. The maximum Gasteiger partial charge on any atom is 0.269 e. The number of piperazine rings is 1. The highest BCUT2D eigenvalue weighted by atomic mass is 32.2. The molecular weight excluding hydrogens is 400 g/mol. The van der Waals surface area contributed by atoms with Gasteiger partial charge in [0.05, 0.1) is 9.82 Å². The fraction of sp³-hybridized carbons (Fsp3) is 0.278. The third-order valence-electron chi connectivity index (χ3n) is 4.52. The number of nitrogens with two attached hydrogens (primary N) is 1. The van der Waals surface area contributed by atoms with Crippen LogP contribution >= 0.6 is 0 Å². The zero-order valence-corrected chi connectivity index (χ0v) is 16.2. The Kier molecular flexibility index (Phi) is 5.99. The molecule has 0 aromatic heterocycles. The molecule has 11 heteroatoms. The summed E-state index contributed by atoms with van der Waals surface area (Å²) in [6, 6.07) is 11.4. The Balaban J connectivity index is 1.52. The van der Waals surface area contributed by atoms with Gasteiger partial charge in [-0.1, -0.05) is 0 Å². The summed E-state index contributed by atoms with van der Waals surface area (Å²) in [6.45, 7) is 0.613. The van der Waals surface area contributed by atoms with Gasteiger partial charge in [0.25, 0.3) is 11.6 Å². The number of hydrogen-bond donors (Lipinski definition) is 1. The van der Waals surface area contributed by atoms with E-state index in [9.17, 15) is 23.3 Å². The Labute approximate surface area is 167 Å². The smallest absolute Gasteiger partial charge is 0.269 e. The van der Waals surface area contributed by atoms with Crippen molar-refractivity contribution in [2.75, 3.05) is 38.5 Å². The topological polar surface area (TPSA) is 136 Å². The predicted octanol–water partition coefficient (Wildman–Crippen LogP) is 1.09. The van der Waals surface area contributed by atoms with E-state index in [-0.39, 0.29) is 49.3 Å². The van der Waals surface area contributed by atoms with E-state index in [2.05, 4.69) is 0 Å². The molecule has 1 fully saturated rings. The normalized spacial score (nSPS) is 15.1. The summed E-state index contributed by atoms with van der Waals surface area (Å²) in [7, 11) is -3.64. The van der Waals surface area contributed by atoms with E-state index in [1.807, 2.05) is 0 Å². The second kappa shape index (κ2) is 8.45. The second-order valence-electron chi connectivity index (χ2n) is 6.39. The van der Waals surface area contributed by atoms with Crippen molar-refractivity contribution < 1.29 is 22.9 Å². The second-order valence-corrected chi connectivity index (χ2v) is 8.33. The monoisotopic (exact) mass is 420 g/mol. The number of rotatable bonds is 6. The number of sulfonamides is 1. The molecule has 1 amide bonds. The van der Waals surface area contributed by atoms with Gasteiger partial charge >= 0.3 is 0 Å². The number of carbonyl (C=O) groups is 1. The maximum atomic E-state index is 12.7. The van der Waals surface area contributed by atoms with Crippen LogP contribution in [0, 0.1) is 10.1 Å². The standard InChI is InChI=1S/C18H20N4O6S/c19-14-1-7-17(8-2-14)29(26,27)21-11-9-20(10-12-21)18(23)13-28-16-5-3-15(4-6-16)22(24)25/h1-8H,9-13,19H2. The average molecular weight is 420 g/mol. The van der Waals surface area contributed by atoms with E-state index in [1.54, 1.807) is 0 Å². The summed E-state index contributed by atoms with van der Waals surface area (Å²) in [4.78, 5) is 24.1. The van der Waals surface area contributed by atoms with Crippen molar-refractivity contribution in [1.82, 2.24) is 9.21 Å². The van der Waals surface area contributed by atoms with Crippen LogP contribution in [0.3, 0.4) is 0 Å². The Morgan fingerprint density at radius 2 is 1.62 bits per heavy atom. The first-order valence-electron chi connectivity index (χ1n) is 8.78. The molecule has 29 heavy (non-hydrogen) atoms. The lowest BCUT2D eigenvalue weighted by atomic mass is 10.3. The molecule has 0 radical (unpaired) electrons. The first kappa shape index (κ1) is 20.6. The summed E-state index contributed by atoms with van der Waals surface area (Å²) < 4.78 is 32.0. The highest BCUT2D eigenvalue weighted by Crippen LogP contribution is 2.20. The molecule has 10 nitrogen and oxygen atoms in total. The molecule has 1 aliphatic rings. The minimum Gasteiger partial charge on any atom is -0.484 e. The third-order valence-corrected chi connectivity index (χ3v) is 6.43. The molecule has 2 aromatic carbocycles. The molecule has 2 N–H and O–H groups in total. The van der Waals surface area contributed by atoms with Crippen molar-refractivity contribution in [2.45, 2.75) is 4.90 Å². The van der Waals surface area contributed by atoms with Gasteiger partial charge in [-0.3, -0.25) is 14.9 Å². The number of amides is 1. The number of nitro groups is 1. The zero-order chi connectivity index (χ0) is 21.0. The van der Waals surface area contributed by atoms with Crippen molar-refractivity contribution in [2.24, 2.45) is 0 Å². The van der Waals surface area contributed by atoms with Gasteiger partial charge in [-0.25, -0.2) is 8.42 Å². The highest BCUT2D eigenvalue weighted by Gasteiger charge is 2.30. The van der Waals surface area contributed by atoms with Gasteiger partial charge in [0, 0.05) is 44.0 Å². The lowest BCUT2D eigenvalue weighted by molar-refractivity contribution is -0.384. The quantitative estimate of drug-likeness (QED) is 0.420. The average Bonchev–Trinajstić information content (AvgIpc) is 2.72. The van der Waals surface area contributed by atoms with Crippen LogP contribution in [0.1, 0.15) is 0 Å². The lowest BCUT2D eigenvalue weighted by Gasteiger charge is -2.34. The summed E-state index contributed by atoms with van der Waals surface area (Å²) in [5, 5.41) is 10.6. The minimum atomic E-state index is -3.64. The van der Waals surface area contributed by atoms with E-state index in [0.717, 1.165) is 0 Å². The van der Waals surface area contributed by atoms with Crippen LogP contribution in [-0.4, -0.2) is 61.2 Å². The van der Waals surface area contributed by atoms with E-state index in [4.69, 9.17) is 10.5 Å². The molecule has 1 heterocycles. The summed E-state index contributed by atoms with van der Waals surface area (Å²) in [5.41, 5.74) is 6.01. The van der Waals surface area contributed by atoms with E-state index in [1.165, 1.54) is 57.7 Å². The SMILES string of the molecule is Nc1ccc(S(=O)(=O)N2CCN(C(=O)COc3ccc([N+](=O)[O-])cc3)CC2)cc1. The minimum absolute atomic E-state index is 0.0675. The Bertz CT molecular complexity index is 984. The fourth-order valence-corrected chi connectivity index (χ4v) is 4.29. The predicted molar refractivity (Wildman–Crippen MR) is 105 cm³/mol. The molecule has 0 saturated carbocycles. The number of nitrogen functional groups attached to an aromatic ring is 1. The van der Waals surface area contributed by atoms with Crippen LogP contribution < -0.4 is 10.5 Å². The van der Waals surface area contributed by atoms with Crippen LogP contribution in [0.2, 0.25) is 0 Å². The third kappa shape index (κ3) is 4.81. The van der Waals surface area contributed by atoms with Crippen molar-refractivity contribution in [1.29, 1.82) is 0 Å². The van der Waals surface area contributed by atoms with Gasteiger partial charge in [-0.2, -0.15) is 4.31 Å². The molecule has 0 unspecified atom stereocenters. The van der Waals surface area contributed by atoms with Gasteiger partial charge in [0.1, 0.15) is 5.75 Å².